The zero-order valence-corrected chi connectivity index (χ0v) is 12.2. The summed E-state index contributed by atoms with van der Waals surface area (Å²) >= 11 is 0. The summed E-state index contributed by atoms with van der Waals surface area (Å²) < 4.78 is 5.27. The van der Waals surface area contributed by atoms with Crippen molar-refractivity contribution >= 4 is 11.8 Å². The summed E-state index contributed by atoms with van der Waals surface area (Å²) in [5, 5.41) is 3.04. The number of amides is 2. The van der Waals surface area contributed by atoms with Gasteiger partial charge in [0, 0.05) is 25.6 Å². The van der Waals surface area contributed by atoms with E-state index in [0.29, 0.717) is 36.7 Å². The Morgan fingerprint density at radius 1 is 1.33 bits per heavy atom. The van der Waals surface area contributed by atoms with Crippen LogP contribution in [0.15, 0.2) is 24.3 Å². The third-order valence-electron chi connectivity index (χ3n) is 4.45. The van der Waals surface area contributed by atoms with E-state index >= 15 is 0 Å². The molecule has 5 nitrogen and oxygen atoms in total. The number of hydrogen-bond donors (Lipinski definition) is 1. The molecule has 0 saturated carbocycles. The SMILES string of the molecule is COc1ccccc1C(=O)N1CCC2NC(=O)CCC2C1. The van der Waals surface area contributed by atoms with Crippen LogP contribution in [0.25, 0.3) is 0 Å². The average Bonchev–Trinajstić information content (AvgIpc) is 2.53. The Hall–Kier alpha value is -2.04. The van der Waals surface area contributed by atoms with Gasteiger partial charge in [-0.1, -0.05) is 12.1 Å². The molecule has 2 saturated heterocycles. The van der Waals surface area contributed by atoms with E-state index in [1.54, 1.807) is 19.2 Å². The number of carbonyl (C=O) groups is 2. The molecule has 2 heterocycles. The highest BCUT2D eigenvalue weighted by atomic mass is 16.5. The first-order chi connectivity index (χ1) is 10.2. The number of methoxy groups -OCH3 is 1. The molecule has 1 aromatic carbocycles. The van der Waals surface area contributed by atoms with Gasteiger partial charge in [0.25, 0.3) is 5.91 Å². The summed E-state index contributed by atoms with van der Waals surface area (Å²) in [6, 6.07) is 7.55. The number of nitrogens with one attached hydrogen (secondary N) is 1. The molecule has 0 spiro atoms. The van der Waals surface area contributed by atoms with Crippen LogP contribution in [-0.4, -0.2) is 43.0 Å². The van der Waals surface area contributed by atoms with E-state index in [0.717, 1.165) is 12.8 Å². The fourth-order valence-electron chi connectivity index (χ4n) is 3.29. The molecule has 3 rings (SSSR count). The minimum absolute atomic E-state index is 0.0165. The first-order valence-electron chi connectivity index (χ1n) is 7.40. The van der Waals surface area contributed by atoms with Crippen molar-refractivity contribution in [3.63, 3.8) is 0 Å². The number of rotatable bonds is 2. The normalized spacial score (nSPS) is 25.0. The summed E-state index contributed by atoms with van der Waals surface area (Å²) in [4.78, 5) is 26.0. The maximum atomic E-state index is 12.7. The summed E-state index contributed by atoms with van der Waals surface area (Å²) in [5.74, 6) is 1.14. The molecule has 2 atom stereocenters. The van der Waals surface area contributed by atoms with Gasteiger partial charge in [-0.2, -0.15) is 0 Å². The van der Waals surface area contributed by atoms with Gasteiger partial charge in [0.1, 0.15) is 5.75 Å². The number of benzene rings is 1. The number of nitrogens with zero attached hydrogens (tertiary/aromatic N) is 1. The molecule has 2 aliphatic heterocycles. The average molecular weight is 288 g/mol. The smallest absolute Gasteiger partial charge is 0.257 e. The number of ether oxygens (including phenoxy) is 1. The summed E-state index contributed by atoms with van der Waals surface area (Å²) in [7, 11) is 1.58. The highest BCUT2D eigenvalue weighted by molar-refractivity contribution is 5.97. The van der Waals surface area contributed by atoms with Crippen molar-refractivity contribution in [1.29, 1.82) is 0 Å². The third kappa shape index (κ3) is 2.73. The predicted octanol–water partition coefficient (Wildman–Crippen LogP) is 1.44. The fourth-order valence-corrected chi connectivity index (χ4v) is 3.29. The van der Waals surface area contributed by atoms with E-state index in [-0.39, 0.29) is 17.9 Å². The minimum Gasteiger partial charge on any atom is -0.496 e. The van der Waals surface area contributed by atoms with Crippen molar-refractivity contribution in [2.75, 3.05) is 20.2 Å². The van der Waals surface area contributed by atoms with Crippen LogP contribution in [0.4, 0.5) is 0 Å². The third-order valence-corrected chi connectivity index (χ3v) is 4.45. The molecule has 0 aromatic heterocycles. The van der Waals surface area contributed by atoms with Crippen molar-refractivity contribution in [3.05, 3.63) is 29.8 Å². The van der Waals surface area contributed by atoms with E-state index in [4.69, 9.17) is 4.74 Å². The molecule has 2 fully saturated rings. The summed E-state index contributed by atoms with van der Waals surface area (Å²) in [6.07, 6.45) is 2.27. The number of piperidine rings is 2. The molecule has 0 aliphatic carbocycles. The van der Waals surface area contributed by atoms with Gasteiger partial charge >= 0.3 is 0 Å². The lowest BCUT2D eigenvalue weighted by atomic mass is 9.85. The largest absolute Gasteiger partial charge is 0.496 e. The molecule has 112 valence electrons. The molecule has 5 heteroatoms. The molecular formula is C16H20N2O3. The molecule has 0 bridgehead atoms. The maximum Gasteiger partial charge on any atom is 0.257 e. The molecule has 2 unspecified atom stereocenters. The topological polar surface area (TPSA) is 58.6 Å². The number of likely N-dealkylation sites (tertiary alicyclic amines) is 1. The molecular weight excluding hydrogens is 268 g/mol. The van der Waals surface area contributed by atoms with Crippen LogP contribution >= 0.6 is 0 Å². The Morgan fingerprint density at radius 2 is 2.14 bits per heavy atom. The van der Waals surface area contributed by atoms with Crippen molar-refractivity contribution in [2.45, 2.75) is 25.3 Å². The maximum absolute atomic E-state index is 12.7. The monoisotopic (exact) mass is 288 g/mol. The number of fused-ring (bicyclic) bond motifs is 1. The number of para-hydroxylation sites is 1. The van der Waals surface area contributed by atoms with Crippen LogP contribution in [0.5, 0.6) is 5.75 Å². The molecule has 1 aromatic rings. The van der Waals surface area contributed by atoms with Crippen LogP contribution in [0.1, 0.15) is 29.6 Å². The van der Waals surface area contributed by atoms with Gasteiger partial charge < -0.3 is 15.0 Å². The second kappa shape index (κ2) is 5.76. The van der Waals surface area contributed by atoms with Crippen LogP contribution in [0.3, 0.4) is 0 Å². The first kappa shape index (κ1) is 13.9. The first-order valence-corrected chi connectivity index (χ1v) is 7.40. The Labute approximate surface area is 124 Å². The van der Waals surface area contributed by atoms with Crippen LogP contribution < -0.4 is 10.1 Å². The van der Waals surface area contributed by atoms with Gasteiger partial charge in [0.2, 0.25) is 5.91 Å². The minimum atomic E-state index is 0.0165. The van der Waals surface area contributed by atoms with Crippen molar-refractivity contribution in [1.82, 2.24) is 10.2 Å². The second-order valence-electron chi connectivity index (χ2n) is 5.71. The van der Waals surface area contributed by atoms with Crippen molar-refractivity contribution < 1.29 is 14.3 Å². The van der Waals surface area contributed by atoms with Gasteiger partial charge in [0.15, 0.2) is 0 Å². The van der Waals surface area contributed by atoms with Crippen LogP contribution in [-0.2, 0) is 4.79 Å². The number of carbonyl (C=O) groups excluding carboxylic acids is 2. The Bertz CT molecular complexity index is 558. The van der Waals surface area contributed by atoms with Crippen molar-refractivity contribution in [2.24, 2.45) is 5.92 Å². The Morgan fingerprint density at radius 3 is 2.95 bits per heavy atom. The van der Waals surface area contributed by atoms with E-state index in [9.17, 15) is 9.59 Å². The fraction of sp³-hybridized carbons (Fsp3) is 0.500. The van der Waals surface area contributed by atoms with Gasteiger partial charge in [-0.15, -0.1) is 0 Å². The van der Waals surface area contributed by atoms with Crippen LogP contribution in [0.2, 0.25) is 0 Å². The highest BCUT2D eigenvalue weighted by Gasteiger charge is 2.35. The van der Waals surface area contributed by atoms with Gasteiger partial charge in [-0.05, 0) is 30.9 Å². The zero-order valence-electron chi connectivity index (χ0n) is 12.2. The summed E-state index contributed by atoms with van der Waals surface area (Å²) in [6.45, 7) is 1.39. The quantitative estimate of drug-likeness (QED) is 0.896. The molecule has 2 aliphatic rings. The molecule has 21 heavy (non-hydrogen) atoms. The standard InChI is InChI=1S/C16H20N2O3/c1-21-14-5-3-2-4-12(14)16(20)18-9-8-13-11(10-18)6-7-15(19)17-13/h2-5,11,13H,6-10H2,1H3,(H,17,19). The second-order valence-corrected chi connectivity index (χ2v) is 5.71. The Balaban J connectivity index is 1.73. The zero-order chi connectivity index (χ0) is 14.8. The molecule has 2 amide bonds. The predicted molar refractivity (Wildman–Crippen MR) is 78.2 cm³/mol. The molecule has 1 N–H and O–H groups in total. The summed E-state index contributed by atoms with van der Waals surface area (Å²) in [5.41, 5.74) is 0.610. The van der Waals surface area contributed by atoms with E-state index in [1.807, 2.05) is 17.0 Å². The molecule has 0 radical (unpaired) electrons. The highest BCUT2D eigenvalue weighted by Crippen LogP contribution is 2.28. The van der Waals surface area contributed by atoms with E-state index < -0.39 is 0 Å². The lowest BCUT2D eigenvalue weighted by Crippen LogP contribution is -2.55. The van der Waals surface area contributed by atoms with Gasteiger partial charge in [-0.3, -0.25) is 9.59 Å². The van der Waals surface area contributed by atoms with E-state index in [1.165, 1.54) is 0 Å². The van der Waals surface area contributed by atoms with Gasteiger partial charge in [0.05, 0.1) is 12.7 Å². The van der Waals surface area contributed by atoms with E-state index in [2.05, 4.69) is 5.32 Å². The van der Waals surface area contributed by atoms with Crippen molar-refractivity contribution in [3.8, 4) is 5.75 Å². The van der Waals surface area contributed by atoms with Gasteiger partial charge in [-0.25, -0.2) is 0 Å². The lowest BCUT2D eigenvalue weighted by Gasteiger charge is -2.41. The van der Waals surface area contributed by atoms with Crippen LogP contribution in [0, 0.1) is 5.92 Å². The number of hydrogen-bond acceptors (Lipinski definition) is 3. The Kier molecular flexibility index (Phi) is 3.82. The lowest BCUT2D eigenvalue weighted by molar-refractivity contribution is -0.125.